The van der Waals surface area contributed by atoms with Crippen LogP contribution in [0.5, 0.6) is 0 Å². The van der Waals surface area contributed by atoms with Crippen LogP contribution < -0.4 is 0 Å². The standard InChI is InChI=1S/C12H27N3/c1-11(2)15(12(3)4)9-8-14-7-6-13(5)10-14/h11-12H,6-10H2,1-5H3. The van der Waals surface area contributed by atoms with Gasteiger partial charge in [0.2, 0.25) is 0 Å². The van der Waals surface area contributed by atoms with E-state index in [1.807, 2.05) is 0 Å². The molecule has 0 aromatic heterocycles. The summed E-state index contributed by atoms with van der Waals surface area (Å²) in [4.78, 5) is 7.49. The molecule has 0 aromatic rings. The summed E-state index contributed by atoms with van der Waals surface area (Å²) in [5.74, 6) is 0. The fourth-order valence-electron chi connectivity index (χ4n) is 2.35. The molecule has 1 aliphatic heterocycles. The predicted octanol–water partition coefficient (Wildman–Crippen LogP) is 1.31. The van der Waals surface area contributed by atoms with Gasteiger partial charge in [-0.25, -0.2) is 0 Å². The SMILES string of the molecule is CC(C)N(CCN1CCN(C)C1)C(C)C. The van der Waals surface area contributed by atoms with Crippen LogP contribution in [-0.2, 0) is 0 Å². The second kappa shape index (κ2) is 5.83. The predicted molar refractivity (Wildman–Crippen MR) is 66.0 cm³/mol. The van der Waals surface area contributed by atoms with Crippen LogP contribution in [0, 0.1) is 0 Å². The van der Waals surface area contributed by atoms with Gasteiger partial charge in [0.05, 0.1) is 6.67 Å². The molecule has 0 atom stereocenters. The summed E-state index contributed by atoms with van der Waals surface area (Å²) in [6, 6.07) is 1.32. The van der Waals surface area contributed by atoms with Crippen molar-refractivity contribution in [1.82, 2.24) is 14.7 Å². The van der Waals surface area contributed by atoms with Crippen molar-refractivity contribution in [1.29, 1.82) is 0 Å². The Hall–Kier alpha value is -0.120. The van der Waals surface area contributed by atoms with E-state index in [1.54, 1.807) is 0 Å². The fourth-order valence-corrected chi connectivity index (χ4v) is 2.35. The lowest BCUT2D eigenvalue weighted by Crippen LogP contribution is -2.42. The van der Waals surface area contributed by atoms with Gasteiger partial charge in [-0.05, 0) is 34.7 Å². The monoisotopic (exact) mass is 213 g/mol. The van der Waals surface area contributed by atoms with Gasteiger partial charge in [0.1, 0.15) is 0 Å². The molecular weight excluding hydrogens is 186 g/mol. The molecule has 1 fully saturated rings. The maximum absolute atomic E-state index is 2.57. The highest BCUT2D eigenvalue weighted by Crippen LogP contribution is 2.07. The minimum absolute atomic E-state index is 0.658. The average Bonchev–Trinajstić information content (AvgIpc) is 2.50. The highest BCUT2D eigenvalue weighted by atomic mass is 15.4. The van der Waals surface area contributed by atoms with E-state index in [9.17, 15) is 0 Å². The zero-order valence-corrected chi connectivity index (χ0v) is 11.0. The molecule has 1 aliphatic rings. The largest absolute Gasteiger partial charge is 0.297 e. The Kier molecular flexibility index (Phi) is 5.03. The van der Waals surface area contributed by atoms with Crippen molar-refractivity contribution in [3.63, 3.8) is 0 Å². The van der Waals surface area contributed by atoms with E-state index in [0.717, 1.165) is 6.67 Å². The highest BCUT2D eigenvalue weighted by Gasteiger charge is 2.18. The van der Waals surface area contributed by atoms with Crippen molar-refractivity contribution in [3.05, 3.63) is 0 Å². The molecule has 0 saturated carbocycles. The van der Waals surface area contributed by atoms with Crippen LogP contribution in [0.25, 0.3) is 0 Å². The Labute approximate surface area is 95.0 Å². The van der Waals surface area contributed by atoms with E-state index >= 15 is 0 Å². The first-order valence-corrected chi connectivity index (χ1v) is 6.17. The van der Waals surface area contributed by atoms with Crippen LogP contribution in [0.4, 0.5) is 0 Å². The molecule has 0 bridgehead atoms. The minimum Gasteiger partial charge on any atom is -0.297 e. The third-order valence-corrected chi connectivity index (χ3v) is 3.24. The summed E-state index contributed by atoms with van der Waals surface area (Å²) < 4.78 is 0. The Morgan fingerprint density at radius 2 is 1.67 bits per heavy atom. The van der Waals surface area contributed by atoms with Gasteiger partial charge in [-0.15, -0.1) is 0 Å². The molecular formula is C12H27N3. The molecule has 0 aromatic carbocycles. The topological polar surface area (TPSA) is 9.72 Å². The van der Waals surface area contributed by atoms with Crippen LogP contribution in [0.3, 0.4) is 0 Å². The lowest BCUT2D eigenvalue weighted by atomic mass is 10.2. The van der Waals surface area contributed by atoms with E-state index in [-0.39, 0.29) is 0 Å². The zero-order valence-electron chi connectivity index (χ0n) is 11.0. The molecule has 15 heavy (non-hydrogen) atoms. The molecule has 0 spiro atoms. The number of hydrogen-bond acceptors (Lipinski definition) is 3. The van der Waals surface area contributed by atoms with Crippen LogP contribution >= 0.6 is 0 Å². The second-order valence-electron chi connectivity index (χ2n) is 5.26. The third-order valence-electron chi connectivity index (χ3n) is 3.24. The molecule has 90 valence electrons. The molecule has 1 rings (SSSR count). The number of likely N-dealkylation sites (N-methyl/N-ethyl adjacent to an activating group) is 1. The Morgan fingerprint density at radius 3 is 2.07 bits per heavy atom. The molecule has 0 N–H and O–H groups in total. The maximum atomic E-state index is 2.57. The van der Waals surface area contributed by atoms with E-state index in [4.69, 9.17) is 0 Å². The molecule has 1 heterocycles. The summed E-state index contributed by atoms with van der Waals surface area (Å²) in [7, 11) is 2.20. The van der Waals surface area contributed by atoms with Crippen molar-refractivity contribution in [2.24, 2.45) is 0 Å². The van der Waals surface area contributed by atoms with Crippen molar-refractivity contribution >= 4 is 0 Å². The fraction of sp³-hybridized carbons (Fsp3) is 1.00. The molecule has 0 amide bonds. The number of hydrogen-bond donors (Lipinski definition) is 0. The smallest absolute Gasteiger partial charge is 0.0504 e. The van der Waals surface area contributed by atoms with E-state index in [2.05, 4.69) is 49.4 Å². The quantitative estimate of drug-likeness (QED) is 0.682. The van der Waals surface area contributed by atoms with Gasteiger partial charge in [0.25, 0.3) is 0 Å². The summed E-state index contributed by atoms with van der Waals surface area (Å²) >= 11 is 0. The second-order valence-corrected chi connectivity index (χ2v) is 5.26. The van der Waals surface area contributed by atoms with Crippen molar-refractivity contribution < 1.29 is 0 Å². The Balaban J connectivity index is 2.27. The van der Waals surface area contributed by atoms with Crippen LogP contribution in [0.1, 0.15) is 27.7 Å². The van der Waals surface area contributed by atoms with Gasteiger partial charge in [-0.1, -0.05) is 0 Å². The van der Waals surface area contributed by atoms with Gasteiger partial charge in [-0.2, -0.15) is 0 Å². The van der Waals surface area contributed by atoms with E-state index in [1.165, 1.54) is 26.2 Å². The van der Waals surface area contributed by atoms with Gasteiger partial charge in [0, 0.05) is 38.3 Å². The van der Waals surface area contributed by atoms with Crippen molar-refractivity contribution in [3.8, 4) is 0 Å². The van der Waals surface area contributed by atoms with Crippen LogP contribution in [-0.4, -0.2) is 66.7 Å². The molecule has 0 radical (unpaired) electrons. The Bertz CT molecular complexity index is 172. The molecule has 3 heteroatoms. The Morgan fingerprint density at radius 1 is 1.07 bits per heavy atom. The molecule has 1 saturated heterocycles. The van der Waals surface area contributed by atoms with Crippen LogP contribution in [0.2, 0.25) is 0 Å². The van der Waals surface area contributed by atoms with Crippen molar-refractivity contribution in [2.45, 2.75) is 39.8 Å². The number of rotatable bonds is 5. The van der Waals surface area contributed by atoms with E-state index < -0.39 is 0 Å². The minimum atomic E-state index is 0.658. The van der Waals surface area contributed by atoms with Crippen LogP contribution in [0.15, 0.2) is 0 Å². The number of nitrogens with zero attached hydrogens (tertiary/aromatic N) is 3. The zero-order chi connectivity index (χ0) is 11.4. The van der Waals surface area contributed by atoms with Gasteiger partial charge in [-0.3, -0.25) is 14.7 Å². The molecule has 3 nitrogen and oxygen atoms in total. The first kappa shape index (κ1) is 12.9. The summed E-state index contributed by atoms with van der Waals surface area (Å²) in [6.45, 7) is 15.2. The van der Waals surface area contributed by atoms with Gasteiger partial charge < -0.3 is 0 Å². The third kappa shape index (κ3) is 4.09. The summed E-state index contributed by atoms with van der Waals surface area (Å²) in [6.07, 6.45) is 0. The van der Waals surface area contributed by atoms with E-state index in [0.29, 0.717) is 12.1 Å². The normalized spacial score (nSPS) is 20.0. The van der Waals surface area contributed by atoms with Crippen molar-refractivity contribution in [2.75, 3.05) is 39.9 Å². The lowest BCUT2D eigenvalue weighted by molar-refractivity contribution is 0.146. The van der Waals surface area contributed by atoms with Gasteiger partial charge in [0.15, 0.2) is 0 Å². The maximum Gasteiger partial charge on any atom is 0.0504 e. The highest BCUT2D eigenvalue weighted by molar-refractivity contribution is 4.73. The average molecular weight is 213 g/mol. The molecule has 0 unspecified atom stereocenters. The van der Waals surface area contributed by atoms with Gasteiger partial charge >= 0.3 is 0 Å². The summed E-state index contributed by atoms with van der Waals surface area (Å²) in [5, 5.41) is 0. The summed E-state index contributed by atoms with van der Waals surface area (Å²) in [5.41, 5.74) is 0. The first-order valence-electron chi connectivity index (χ1n) is 6.17. The first-order chi connectivity index (χ1) is 7.00. The lowest BCUT2D eigenvalue weighted by Gasteiger charge is -2.32. The molecule has 0 aliphatic carbocycles.